The van der Waals surface area contributed by atoms with E-state index < -0.39 is 0 Å². The third-order valence-electron chi connectivity index (χ3n) is 11.9. The third kappa shape index (κ3) is 10.5. The molecule has 0 N–H and O–H groups in total. The van der Waals surface area contributed by atoms with Crippen molar-refractivity contribution in [3.63, 3.8) is 0 Å². The van der Waals surface area contributed by atoms with E-state index in [2.05, 4.69) is 13.8 Å². The summed E-state index contributed by atoms with van der Waals surface area (Å²) >= 11 is 0. The van der Waals surface area contributed by atoms with Gasteiger partial charge < -0.3 is 0 Å². The van der Waals surface area contributed by atoms with Crippen molar-refractivity contribution in [1.82, 2.24) is 0 Å². The molecule has 0 radical (unpaired) electrons. The molecule has 2 saturated heterocycles. The topological polar surface area (TPSA) is 0 Å². The lowest BCUT2D eigenvalue weighted by Gasteiger charge is -2.37. The monoisotopic (exact) mass is 576 g/mol. The Labute approximate surface area is 249 Å². The fourth-order valence-corrected chi connectivity index (χ4v) is 18.1. The first-order valence-electron chi connectivity index (χ1n) is 18.8. The highest BCUT2D eigenvalue weighted by Crippen LogP contribution is 2.62. The van der Waals surface area contributed by atoms with Crippen LogP contribution in [0.1, 0.15) is 187 Å². The highest BCUT2D eigenvalue weighted by Gasteiger charge is 2.39. The van der Waals surface area contributed by atoms with Gasteiger partial charge in [-0.2, -0.15) is 0 Å². The first-order valence-corrected chi connectivity index (χ1v) is 22.2. The summed E-state index contributed by atoms with van der Waals surface area (Å²) in [5.41, 5.74) is 4.84. The van der Waals surface area contributed by atoms with Crippen LogP contribution in [0.4, 0.5) is 0 Å². The average molecular weight is 577 g/mol. The maximum atomic E-state index is 2.21. The van der Waals surface area contributed by atoms with Crippen LogP contribution in [0.2, 0.25) is 0 Å². The zero-order valence-corrected chi connectivity index (χ0v) is 28.7. The molecule has 6 fully saturated rings. The van der Waals surface area contributed by atoms with Crippen molar-refractivity contribution in [3.05, 3.63) is 0 Å². The molecule has 6 aliphatic rings. The van der Waals surface area contributed by atoms with Gasteiger partial charge in [-0.05, 0) is 124 Å². The average Bonchev–Trinajstić information content (AvgIpc) is 3.71. The van der Waals surface area contributed by atoms with Crippen molar-refractivity contribution in [2.75, 3.05) is 12.3 Å². The Morgan fingerprint density at radius 1 is 0.385 bits per heavy atom. The second kappa shape index (κ2) is 19.2. The van der Waals surface area contributed by atoms with Crippen LogP contribution in [-0.4, -0.2) is 35.0 Å². The second-order valence-electron chi connectivity index (χ2n) is 14.6. The van der Waals surface area contributed by atoms with Crippen LogP contribution in [-0.2, 0) is 0 Å². The first-order chi connectivity index (χ1) is 19.3. The molecule has 0 bridgehead atoms. The minimum absolute atomic E-state index is 0.450. The quantitative estimate of drug-likeness (QED) is 0.276. The molecule has 2 aliphatic heterocycles. The van der Waals surface area contributed by atoms with E-state index in [9.17, 15) is 0 Å². The van der Waals surface area contributed by atoms with Crippen molar-refractivity contribution in [1.29, 1.82) is 0 Å². The van der Waals surface area contributed by atoms with Crippen LogP contribution >= 0.6 is 15.8 Å². The van der Waals surface area contributed by atoms with Crippen molar-refractivity contribution in [3.8, 4) is 0 Å². The summed E-state index contributed by atoms with van der Waals surface area (Å²) in [7, 11) is 0.901. The summed E-state index contributed by atoms with van der Waals surface area (Å²) in [6, 6.07) is 0. The minimum atomic E-state index is 0.450. The van der Waals surface area contributed by atoms with Crippen molar-refractivity contribution < 1.29 is 0 Å². The molecule has 39 heavy (non-hydrogen) atoms. The van der Waals surface area contributed by atoms with Crippen LogP contribution in [0.5, 0.6) is 0 Å². The lowest BCUT2D eigenvalue weighted by atomic mass is 9.85. The number of unbranched alkanes of at least 4 members (excludes halogenated alkanes) is 2. The van der Waals surface area contributed by atoms with Crippen LogP contribution in [0, 0.1) is 11.8 Å². The lowest BCUT2D eigenvalue weighted by Crippen LogP contribution is -2.24. The molecular weight excluding hydrogens is 506 g/mol. The van der Waals surface area contributed by atoms with E-state index in [1.165, 1.54) is 79.4 Å². The summed E-state index contributed by atoms with van der Waals surface area (Å²) in [4.78, 5) is 0. The zero-order valence-electron chi connectivity index (χ0n) is 26.9. The maximum absolute atomic E-state index is 2.21. The van der Waals surface area contributed by atoms with E-state index in [4.69, 9.17) is 0 Å². The van der Waals surface area contributed by atoms with Crippen LogP contribution in [0.15, 0.2) is 0 Å². The predicted molar refractivity (Wildman–Crippen MR) is 182 cm³/mol. The van der Waals surface area contributed by atoms with E-state index in [0.717, 1.165) is 0 Å². The molecular formula is C37H70P2. The smallest absolute Gasteiger partial charge is 0.0178 e. The van der Waals surface area contributed by atoms with Gasteiger partial charge in [-0.15, -0.1) is 15.8 Å². The van der Waals surface area contributed by atoms with Crippen molar-refractivity contribution in [2.24, 2.45) is 11.8 Å². The zero-order chi connectivity index (χ0) is 27.1. The fourth-order valence-electron chi connectivity index (χ4n) is 9.77. The number of rotatable bonds is 6. The predicted octanol–water partition coefficient (Wildman–Crippen LogP) is 13.3. The normalized spacial score (nSPS) is 33.7. The Kier molecular flexibility index (Phi) is 16.1. The molecule has 4 aliphatic carbocycles. The van der Waals surface area contributed by atoms with E-state index in [1.807, 2.05) is 0 Å². The van der Waals surface area contributed by atoms with Gasteiger partial charge in [-0.25, -0.2) is 0 Å². The minimum Gasteiger partial charge on any atom is -0.100 e. The van der Waals surface area contributed by atoms with E-state index in [0.29, 0.717) is 15.8 Å². The van der Waals surface area contributed by atoms with Crippen molar-refractivity contribution >= 4 is 15.8 Å². The van der Waals surface area contributed by atoms with Gasteiger partial charge >= 0.3 is 0 Å². The standard InChI is InChI=1S/2C16H29P.C5H12/c2*1-3-8-14(9-4-1)16-12-7-13-17(16)15-10-5-2-6-11-15;1-3-5-4-2/h2*14-16H,1-13H2;3-5H2,1-2H3. The molecule has 0 aromatic rings. The number of hydrogen-bond donors (Lipinski definition) is 0. The Morgan fingerprint density at radius 2 is 0.718 bits per heavy atom. The molecule has 0 aromatic carbocycles. The highest BCUT2D eigenvalue weighted by molar-refractivity contribution is 7.59. The fraction of sp³-hybridized carbons (Fsp3) is 1.00. The molecule has 2 heteroatoms. The Morgan fingerprint density at radius 3 is 1.03 bits per heavy atom. The van der Waals surface area contributed by atoms with Crippen LogP contribution < -0.4 is 0 Å². The van der Waals surface area contributed by atoms with Gasteiger partial charge in [0.05, 0.1) is 0 Å². The SMILES string of the molecule is C1CCC(C2CCCP2C2CCCCC2)CC1.C1CCC(C2CCCP2C2CCCCC2)CC1.CCCCC. The molecule has 6 rings (SSSR count). The highest BCUT2D eigenvalue weighted by atomic mass is 31.1. The van der Waals surface area contributed by atoms with Gasteiger partial charge in [0.2, 0.25) is 0 Å². The second-order valence-corrected chi connectivity index (χ2v) is 20.4. The molecule has 0 amide bonds. The Bertz CT molecular complexity index is 495. The maximum Gasteiger partial charge on any atom is -0.0178 e. The Hall–Kier alpha value is 0.860. The van der Waals surface area contributed by atoms with Gasteiger partial charge in [0, 0.05) is 0 Å². The molecule has 4 unspecified atom stereocenters. The first kappa shape index (κ1) is 32.8. The van der Waals surface area contributed by atoms with E-state index >= 15 is 0 Å². The van der Waals surface area contributed by atoms with Gasteiger partial charge in [0.15, 0.2) is 0 Å². The molecule has 2 heterocycles. The molecule has 4 atom stereocenters. The van der Waals surface area contributed by atoms with E-state index in [1.54, 1.807) is 141 Å². The lowest BCUT2D eigenvalue weighted by molar-refractivity contribution is 0.341. The molecule has 0 nitrogen and oxygen atoms in total. The molecule has 0 aromatic heterocycles. The summed E-state index contributed by atoms with van der Waals surface area (Å²) in [5, 5.41) is 0. The van der Waals surface area contributed by atoms with E-state index in [-0.39, 0.29) is 0 Å². The van der Waals surface area contributed by atoms with Gasteiger partial charge in [0.25, 0.3) is 0 Å². The molecule has 4 saturated carbocycles. The third-order valence-corrected chi connectivity index (χ3v) is 19.5. The van der Waals surface area contributed by atoms with Crippen molar-refractivity contribution in [2.45, 2.75) is 210 Å². The van der Waals surface area contributed by atoms with Gasteiger partial charge in [-0.3, -0.25) is 0 Å². The van der Waals surface area contributed by atoms with Gasteiger partial charge in [-0.1, -0.05) is 110 Å². The van der Waals surface area contributed by atoms with Crippen LogP contribution in [0.25, 0.3) is 0 Å². The summed E-state index contributed by atoms with van der Waals surface area (Å²) in [5.74, 6) is 2.33. The van der Waals surface area contributed by atoms with Gasteiger partial charge in [0.1, 0.15) is 0 Å². The molecule has 0 spiro atoms. The molecule has 228 valence electrons. The summed E-state index contributed by atoms with van der Waals surface area (Å²) in [6.45, 7) is 4.42. The summed E-state index contributed by atoms with van der Waals surface area (Å²) < 4.78 is 0. The van der Waals surface area contributed by atoms with Crippen LogP contribution in [0.3, 0.4) is 0 Å². The largest absolute Gasteiger partial charge is 0.100 e. The Balaban J connectivity index is 0.000000155. The number of hydrogen-bond acceptors (Lipinski definition) is 0. The summed E-state index contributed by atoms with van der Waals surface area (Å²) in [6.07, 6.45) is 45.2.